The number of carbonyl (C=O) groups is 2. The second kappa shape index (κ2) is 7.91. The summed E-state index contributed by atoms with van der Waals surface area (Å²) in [7, 11) is 0. The van der Waals surface area contributed by atoms with Gasteiger partial charge in [-0.05, 0) is 39.0 Å². The third kappa shape index (κ3) is 5.77. The lowest BCUT2D eigenvalue weighted by Gasteiger charge is -2.35. The molecule has 0 aliphatic carbocycles. The van der Waals surface area contributed by atoms with E-state index in [0.29, 0.717) is 26.2 Å². The molecule has 0 bridgehead atoms. The van der Waals surface area contributed by atoms with E-state index in [1.807, 2.05) is 20.8 Å². The van der Waals surface area contributed by atoms with Gasteiger partial charge in [0.05, 0.1) is 5.02 Å². The average molecular weight is 373 g/mol. The van der Waals surface area contributed by atoms with Crippen LogP contribution in [0.3, 0.4) is 0 Å². The molecule has 1 fully saturated rings. The van der Waals surface area contributed by atoms with Crippen molar-refractivity contribution in [1.82, 2.24) is 9.80 Å². The number of benzene rings is 1. The zero-order chi connectivity index (χ0) is 18.6. The number of hydrogen-bond donors (Lipinski definition) is 0. The molecule has 1 heterocycles. The van der Waals surface area contributed by atoms with Crippen molar-refractivity contribution in [3.63, 3.8) is 0 Å². The molecule has 1 aliphatic rings. The molecule has 2 amide bonds. The Bertz CT molecular complexity index is 640. The minimum atomic E-state index is -0.549. The normalized spacial score (nSPS) is 15.1. The molecule has 1 aliphatic heterocycles. The number of piperazine rings is 1. The summed E-state index contributed by atoms with van der Waals surface area (Å²) in [4.78, 5) is 27.4. The van der Waals surface area contributed by atoms with Crippen molar-refractivity contribution in [1.29, 1.82) is 0 Å². The van der Waals surface area contributed by atoms with Gasteiger partial charge in [0.25, 0.3) is 5.91 Å². The highest BCUT2D eigenvalue weighted by molar-refractivity contribution is 6.32. The zero-order valence-electron chi connectivity index (χ0n) is 14.6. The van der Waals surface area contributed by atoms with Gasteiger partial charge in [0.2, 0.25) is 0 Å². The monoisotopic (exact) mass is 372 g/mol. The molecule has 0 radical (unpaired) electrons. The van der Waals surface area contributed by atoms with E-state index in [-0.39, 0.29) is 29.4 Å². The Hall–Kier alpha value is -2.02. The molecular weight excluding hydrogens is 351 g/mol. The summed E-state index contributed by atoms with van der Waals surface area (Å²) in [5, 5.41) is 0.113. The highest BCUT2D eigenvalue weighted by atomic mass is 35.5. The molecule has 0 unspecified atom stereocenters. The molecule has 0 atom stereocenters. The van der Waals surface area contributed by atoms with Crippen LogP contribution in [0.2, 0.25) is 5.02 Å². The largest absolute Gasteiger partial charge is 0.482 e. The topological polar surface area (TPSA) is 59.1 Å². The van der Waals surface area contributed by atoms with E-state index in [0.717, 1.165) is 6.07 Å². The van der Waals surface area contributed by atoms with Crippen LogP contribution in [0, 0.1) is 5.82 Å². The van der Waals surface area contributed by atoms with E-state index in [9.17, 15) is 14.0 Å². The number of halogens is 2. The molecule has 6 nitrogen and oxygen atoms in total. The standard InChI is InChI=1S/C17H22ClFN2O4/c1-17(2,3)25-16(23)21-8-6-20(7-9-21)15(22)11-24-14-5-4-12(19)10-13(14)18/h4-5,10H,6-9,11H2,1-3H3. The fraction of sp³-hybridized carbons (Fsp3) is 0.529. The van der Waals surface area contributed by atoms with Crippen molar-refractivity contribution in [2.75, 3.05) is 32.8 Å². The van der Waals surface area contributed by atoms with Crippen LogP contribution in [-0.2, 0) is 9.53 Å². The zero-order valence-corrected chi connectivity index (χ0v) is 15.3. The first kappa shape index (κ1) is 19.3. The van der Waals surface area contributed by atoms with Gasteiger partial charge in [-0.25, -0.2) is 9.18 Å². The molecule has 0 saturated carbocycles. The second-order valence-electron chi connectivity index (χ2n) is 6.71. The molecule has 8 heteroatoms. The maximum absolute atomic E-state index is 13.0. The van der Waals surface area contributed by atoms with E-state index in [4.69, 9.17) is 21.1 Å². The third-order valence-electron chi connectivity index (χ3n) is 3.53. The Morgan fingerprint density at radius 3 is 2.32 bits per heavy atom. The van der Waals surface area contributed by atoms with Gasteiger partial charge in [0, 0.05) is 26.2 Å². The number of carbonyl (C=O) groups excluding carboxylic acids is 2. The van der Waals surface area contributed by atoms with Gasteiger partial charge in [-0.3, -0.25) is 4.79 Å². The average Bonchev–Trinajstić information content (AvgIpc) is 2.52. The van der Waals surface area contributed by atoms with Crippen molar-refractivity contribution < 1.29 is 23.5 Å². The molecular formula is C17H22ClFN2O4. The minimum Gasteiger partial charge on any atom is -0.482 e. The molecule has 0 N–H and O–H groups in total. The lowest BCUT2D eigenvalue weighted by molar-refractivity contribution is -0.135. The van der Waals surface area contributed by atoms with Gasteiger partial charge >= 0.3 is 6.09 Å². The number of rotatable bonds is 3. The predicted molar refractivity (Wildman–Crippen MR) is 91.3 cm³/mol. The van der Waals surface area contributed by atoms with Crippen LogP contribution in [0.4, 0.5) is 9.18 Å². The molecule has 25 heavy (non-hydrogen) atoms. The molecule has 1 aromatic rings. The summed E-state index contributed by atoms with van der Waals surface area (Å²) in [5.41, 5.74) is -0.549. The van der Waals surface area contributed by atoms with Crippen LogP contribution < -0.4 is 4.74 Å². The van der Waals surface area contributed by atoms with Crippen molar-refractivity contribution >= 4 is 23.6 Å². The molecule has 138 valence electrons. The van der Waals surface area contributed by atoms with Gasteiger partial charge in [-0.2, -0.15) is 0 Å². The third-order valence-corrected chi connectivity index (χ3v) is 3.82. The number of hydrogen-bond acceptors (Lipinski definition) is 4. The summed E-state index contributed by atoms with van der Waals surface area (Å²) >= 11 is 5.86. The van der Waals surface area contributed by atoms with Crippen LogP contribution in [0.15, 0.2) is 18.2 Å². The maximum atomic E-state index is 13.0. The van der Waals surface area contributed by atoms with E-state index in [2.05, 4.69) is 0 Å². The fourth-order valence-electron chi connectivity index (χ4n) is 2.29. The highest BCUT2D eigenvalue weighted by Gasteiger charge is 2.27. The SMILES string of the molecule is CC(C)(C)OC(=O)N1CCN(C(=O)COc2ccc(F)cc2Cl)CC1. The first-order valence-electron chi connectivity index (χ1n) is 7.99. The van der Waals surface area contributed by atoms with Gasteiger partial charge < -0.3 is 19.3 Å². The van der Waals surface area contributed by atoms with E-state index in [1.54, 1.807) is 9.80 Å². The van der Waals surface area contributed by atoms with Crippen LogP contribution in [0.1, 0.15) is 20.8 Å². The van der Waals surface area contributed by atoms with Crippen molar-refractivity contribution in [2.24, 2.45) is 0 Å². The van der Waals surface area contributed by atoms with Crippen molar-refractivity contribution in [3.8, 4) is 5.75 Å². The second-order valence-corrected chi connectivity index (χ2v) is 7.12. The van der Waals surface area contributed by atoms with Gasteiger partial charge in [-0.1, -0.05) is 11.6 Å². The van der Waals surface area contributed by atoms with Crippen LogP contribution >= 0.6 is 11.6 Å². The Morgan fingerprint density at radius 2 is 1.76 bits per heavy atom. The Labute approximate surface area is 151 Å². The molecule has 2 rings (SSSR count). The summed E-state index contributed by atoms with van der Waals surface area (Å²) in [6.07, 6.45) is -0.381. The first-order valence-corrected chi connectivity index (χ1v) is 8.37. The Balaban J connectivity index is 1.80. The molecule has 1 saturated heterocycles. The molecule has 0 aromatic heterocycles. The fourth-order valence-corrected chi connectivity index (χ4v) is 2.51. The van der Waals surface area contributed by atoms with Gasteiger partial charge in [-0.15, -0.1) is 0 Å². The van der Waals surface area contributed by atoms with Gasteiger partial charge in [0.15, 0.2) is 6.61 Å². The Kier molecular flexibility index (Phi) is 6.11. The van der Waals surface area contributed by atoms with Crippen molar-refractivity contribution in [2.45, 2.75) is 26.4 Å². The van der Waals surface area contributed by atoms with Crippen LogP contribution in [-0.4, -0.2) is 60.2 Å². The summed E-state index contributed by atoms with van der Waals surface area (Å²) in [6.45, 7) is 6.83. The lowest BCUT2D eigenvalue weighted by atomic mass is 10.2. The number of amides is 2. The van der Waals surface area contributed by atoms with Crippen LogP contribution in [0.5, 0.6) is 5.75 Å². The summed E-state index contributed by atoms with van der Waals surface area (Å²) < 4.78 is 23.7. The highest BCUT2D eigenvalue weighted by Crippen LogP contribution is 2.24. The number of ether oxygens (including phenoxy) is 2. The van der Waals surface area contributed by atoms with Gasteiger partial charge in [0.1, 0.15) is 17.2 Å². The maximum Gasteiger partial charge on any atom is 0.410 e. The summed E-state index contributed by atoms with van der Waals surface area (Å²) in [5.74, 6) is -0.435. The lowest BCUT2D eigenvalue weighted by Crippen LogP contribution is -2.52. The molecule has 0 spiro atoms. The Morgan fingerprint density at radius 1 is 1.16 bits per heavy atom. The smallest absolute Gasteiger partial charge is 0.410 e. The minimum absolute atomic E-state index is 0.113. The van der Waals surface area contributed by atoms with E-state index < -0.39 is 11.4 Å². The number of nitrogens with zero attached hydrogens (tertiary/aromatic N) is 2. The summed E-state index contributed by atoms with van der Waals surface area (Å²) in [6, 6.07) is 3.72. The van der Waals surface area contributed by atoms with Crippen LogP contribution in [0.25, 0.3) is 0 Å². The van der Waals surface area contributed by atoms with E-state index in [1.165, 1.54) is 12.1 Å². The van der Waals surface area contributed by atoms with E-state index >= 15 is 0 Å². The quantitative estimate of drug-likeness (QED) is 0.818. The predicted octanol–water partition coefficient (Wildman–Crippen LogP) is 2.94. The first-order chi connectivity index (χ1) is 11.7. The van der Waals surface area contributed by atoms with Crippen molar-refractivity contribution in [3.05, 3.63) is 29.0 Å². The molecule has 1 aromatic carbocycles.